The fourth-order valence-corrected chi connectivity index (χ4v) is 2.51. The third-order valence-corrected chi connectivity index (χ3v) is 3.63. The number of hydrogen-bond donors (Lipinski definition) is 0. The second kappa shape index (κ2) is 6.91. The van der Waals surface area contributed by atoms with Gasteiger partial charge < -0.3 is 9.47 Å². The van der Waals surface area contributed by atoms with E-state index in [0.717, 1.165) is 11.8 Å². The zero-order chi connectivity index (χ0) is 15.4. The summed E-state index contributed by atoms with van der Waals surface area (Å²) in [7, 11) is 1.48. The molecule has 0 aliphatic heterocycles. The van der Waals surface area contributed by atoms with Crippen molar-refractivity contribution in [1.82, 2.24) is 0 Å². The number of hydrogen-bond acceptors (Lipinski definition) is 3. The highest BCUT2D eigenvalue weighted by Gasteiger charge is 2.12. The molecule has 3 nitrogen and oxygen atoms in total. The molecule has 0 aromatic heterocycles. The molecule has 2 aromatic carbocycles. The Kier molecular flexibility index (Phi) is 5.20. The Morgan fingerprint density at radius 1 is 1.33 bits per heavy atom. The Morgan fingerprint density at radius 3 is 2.71 bits per heavy atom. The standard InChI is InChI=1S/C15H11BrClFO3/c1-20-14-6-10(7-19)4-11(16)15(14)21-8-9-2-3-13(18)12(17)5-9/h2-7H,8H2,1H3. The SMILES string of the molecule is COc1cc(C=O)cc(Br)c1OCc1ccc(F)c(Cl)c1. The van der Waals surface area contributed by atoms with Crippen LogP contribution in [0.5, 0.6) is 11.5 Å². The van der Waals surface area contributed by atoms with Crippen molar-refractivity contribution in [3.8, 4) is 11.5 Å². The summed E-state index contributed by atoms with van der Waals surface area (Å²) >= 11 is 9.05. The number of methoxy groups -OCH3 is 1. The third-order valence-electron chi connectivity index (χ3n) is 2.76. The van der Waals surface area contributed by atoms with Gasteiger partial charge in [0.15, 0.2) is 11.5 Å². The topological polar surface area (TPSA) is 35.5 Å². The molecular weight excluding hydrogens is 363 g/mol. The van der Waals surface area contributed by atoms with E-state index in [9.17, 15) is 9.18 Å². The van der Waals surface area contributed by atoms with E-state index in [4.69, 9.17) is 21.1 Å². The molecule has 0 atom stereocenters. The van der Waals surface area contributed by atoms with Gasteiger partial charge in [-0.15, -0.1) is 0 Å². The Bertz CT molecular complexity index is 676. The van der Waals surface area contributed by atoms with E-state index in [0.29, 0.717) is 21.5 Å². The van der Waals surface area contributed by atoms with Crippen molar-refractivity contribution < 1.29 is 18.7 Å². The van der Waals surface area contributed by atoms with Gasteiger partial charge in [-0.2, -0.15) is 0 Å². The van der Waals surface area contributed by atoms with Gasteiger partial charge in [0.05, 0.1) is 16.6 Å². The van der Waals surface area contributed by atoms with Crippen molar-refractivity contribution in [1.29, 1.82) is 0 Å². The highest BCUT2D eigenvalue weighted by Crippen LogP contribution is 2.36. The Hall–Kier alpha value is -1.59. The molecule has 0 bridgehead atoms. The molecule has 0 unspecified atom stereocenters. The van der Waals surface area contributed by atoms with Gasteiger partial charge in [0.25, 0.3) is 0 Å². The lowest BCUT2D eigenvalue weighted by Crippen LogP contribution is -2.00. The van der Waals surface area contributed by atoms with Crippen molar-refractivity contribution >= 4 is 33.8 Å². The second-order valence-corrected chi connectivity index (χ2v) is 5.45. The van der Waals surface area contributed by atoms with Crippen molar-refractivity contribution in [3.63, 3.8) is 0 Å². The van der Waals surface area contributed by atoms with Crippen LogP contribution in [0.1, 0.15) is 15.9 Å². The average molecular weight is 374 g/mol. The Labute approximate surface area is 134 Å². The smallest absolute Gasteiger partial charge is 0.175 e. The Balaban J connectivity index is 2.23. The lowest BCUT2D eigenvalue weighted by atomic mass is 10.2. The minimum Gasteiger partial charge on any atom is -0.493 e. The fourth-order valence-electron chi connectivity index (χ4n) is 1.73. The molecule has 0 aliphatic carbocycles. The first-order valence-corrected chi connectivity index (χ1v) is 7.11. The van der Waals surface area contributed by atoms with Gasteiger partial charge in [0.1, 0.15) is 18.7 Å². The van der Waals surface area contributed by atoms with Crippen molar-refractivity contribution in [2.24, 2.45) is 0 Å². The van der Waals surface area contributed by atoms with E-state index >= 15 is 0 Å². The number of aldehydes is 1. The molecule has 0 saturated heterocycles. The summed E-state index contributed by atoms with van der Waals surface area (Å²) in [5.74, 6) is 0.415. The summed E-state index contributed by atoms with van der Waals surface area (Å²) in [6.07, 6.45) is 0.719. The molecule has 6 heteroatoms. The van der Waals surface area contributed by atoms with E-state index in [1.54, 1.807) is 18.2 Å². The van der Waals surface area contributed by atoms with Crippen LogP contribution in [0, 0.1) is 5.82 Å². The average Bonchev–Trinajstić information content (AvgIpc) is 2.48. The predicted octanol–water partition coefficient (Wildman–Crippen LogP) is 4.64. The van der Waals surface area contributed by atoms with Gasteiger partial charge in [0.2, 0.25) is 0 Å². The zero-order valence-corrected chi connectivity index (χ0v) is 13.4. The second-order valence-electron chi connectivity index (χ2n) is 4.19. The number of benzene rings is 2. The fraction of sp³-hybridized carbons (Fsp3) is 0.133. The van der Waals surface area contributed by atoms with Crippen LogP contribution in [-0.2, 0) is 6.61 Å². The molecule has 0 heterocycles. The van der Waals surface area contributed by atoms with Crippen LogP contribution in [0.4, 0.5) is 4.39 Å². The van der Waals surface area contributed by atoms with Crippen LogP contribution in [0.2, 0.25) is 5.02 Å². The highest BCUT2D eigenvalue weighted by atomic mass is 79.9. The summed E-state index contributed by atoms with van der Waals surface area (Å²) < 4.78 is 24.6. The summed E-state index contributed by atoms with van der Waals surface area (Å²) in [6.45, 7) is 0.190. The van der Waals surface area contributed by atoms with Crippen LogP contribution >= 0.6 is 27.5 Å². The lowest BCUT2D eigenvalue weighted by Gasteiger charge is -2.13. The van der Waals surface area contributed by atoms with Gasteiger partial charge in [-0.3, -0.25) is 4.79 Å². The maximum Gasteiger partial charge on any atom is 0.175 e. The quantitative estimate of drug-likeness (QED) is 0.716. The molecule has 0 radical (unpaired) electrons. The summed E-state index contributed by atoms with van der Waals surface area (Å²) in [5.41, 5.74) is 1.19. The molecule has 0 saturated carbocycles. The van der Waals surface area contributed by atoms with Crippen molar-refractivity contribution in [2.75, 3.05) is 7.11 Å². The van der Waals surface area contributed by atoms with Gasteiger partial charge in [0, 0.05) is 5.56 Å². The van der Waals surface area contributed by atoms with Crippen LogP contribution in [0.3, 0.4) is 0 Å². The summed E-state index contributed by atoms with van der Waals surface area (Å²) in [5, 5.41) is 0.0402. The molecule has 2 rings (SSSR count). The predicted molar refractivity (Wildman–Crippen MR) is 81.8 cm³/mol. The van der Waals surface area contributed by atoms with Crippen LogP contribution in [0.15, 0.2) is 34.8 Å². The molecule has 0 aliphatic rings. The van der Waals surface area contributed by atoms with Crippen LogP contribution in [0.25, 0.3) is 0 Å². The number of rotatable bonds is 5. The van der Waals surface area contributed by atoms with Crippen molar-refractivity contribution in [2.45, 2.75) is 6.61 Å². The number of halogens is 3. The minimum absolute atomic E-state index is 0.0402. The third kappa shape index (κ3) is 3.74. The molecule has 0 fully saturated rings. The molecule has 21 heavy (non-hydrogen) atoms. The molecule has 0 N–H and O–H groups in total. The van der Waals surface area contributed by atoms with Gasteiger partial charge in [-0.25, -0.2) is 4.39 Å². The first-order chi connectivity index (χ1) is 10.0. The number of carbonyl (C=O) groups is 1. The van der Waals surface area contributed by atoms with Gasteiger partial charge in [-0.05, 0) is 45.8 Å². The monoisotopic (exact) mass is 372 g/mol. The molecular formula is C15H11BrClFO3. The largest absolute Gasteiger partial charge is 0.493 e. The van der Waals surface area contributed by atoms with Crippen LogP contribution < -0.4 is 9.47 Å². The number of ether oxygens (including phenoxy) is 2. The first-order valence-electron chi connectivity index (χ1n) is 5.94. The molecule has 2 aromatic rings. The maximum atomic E-state index is 13.1. The van der Waals surface area contributed by atoms with E-state index < -0.39 is 5.82 Å². The maximum absolute atomic E-state index is 13.1. The van der Waals surface area contributed by atoms with Gasteiger partial charge >= 0.3 is 0 Å². The Morgan fingerprint density at radius 2 is 2.10 bits per heavy atom. The summed E-state index contributed by atoms with van der Waals surface area (Å²) in [4.78, 5) is 10.8. The summed E-state index contributed by atoms with van der Waals surface area (Å²) in [6, 6.07) is 7.56. The lowest BCUT2D eigenvalue weighted by molar-refractivity contribution is 0.112. The molecule has 110 valence electrons. The zero-order valence-electron chi connectivity index (χ0n) is 11.0. The van der Waals surface area contributed by atoms with Gasteiger partial charge in [-0.1, -0.05) is 17.7 Å². The van der Waals surface area contributed by atoms with E-state index in [1.807, 2.05) is 0 Å². The normalized spacial score (nSPS) is 10.3. The first kappa shape index (κ1) is 15.8. The number of carbonyl (C=O) groups excluding carboxylic acids is 1. The highest BCUT2D eigenvalue weighted by molar-refractivity contribution is 9.10. The van der Waals surface area contributed by atoms with E-state index in [2.05, 4.69) is 15.9 Å². The molecule has 0 amide bonds. The van der Waals surface area contributed by atoms with E-state index in [1.165, 1.54) is 19.2 Å². The van der Waals surface area contributed by atoms with E-state index in [-0.39, 0.29) is 11.6 Å². The van der Waals surface area contributed by atoms with Crippen molar-refractivity contribution in [3.05, 3.63) is 56.8 Å². The minimum atomic E-state index is -0.477. The van der Waals surface area contributed by atoms with Crippen LogP contribution in [-0.4, -0.2) is 13.4 Å². The molecule has 0 spiro atoms.